The first kappa shape index (κ1) is 18.3. The lowest BCUT2D eigenvalue weighted by Crippen LogP contribution is -2.14. The van der Waals surface area contributed by atoms with E-state index < -0.39 is 5.91 Å². The molecule has 0 atom stereocenters. The molecule has 6 nitrogen and oxygen atoms in total. The third kappa shape index (κ3) is 4.36. The van der Waals surface area contributed by atoms with Gasteiger partial charge in [0.15, 0.2) is 11.0 Å². The number of hydrogen-bond donors (Lipinski definition) is 1. The second-order valence-corrected chi connectivity index (χ2v) is 6.87. The largest absolute Gasteiger partial charge is 0.486 e. The molecule has 1 amide bonds. The molecule has 0 saturated carbocycles. The van der Waals surface area contributed by atoms with Crippen molar-refractivity contribution in [1.82, 2.24) is 14.8 Å². The summed E-state index contributed by atoms with van der Waals surface area (Å²) in [5.41, 5.74) is 7.07. The number of aromatic nitrogens is 3. The van der Waals surface area contributed by atoms with Gasteiger partial charge < -0.3 is 10.5 Å². The average molecular weight is 389 g/mol. The molecule has 3 aromatic rings. The van der Waals surface area contributed by atoms with Gasteiger partial charge in [0.25, 0.3) is 0 Å². The fraction of sp³-hybridized carbons (Fsp3) is 0.167. The number of para-hydroxylation sites is 1. The van der Waals surface area contributed by atoms with Crippen molar-refractivity contribution >= 4 is 29.3 Å². The van der Waals surface area contributed by atoms with E-state index in [9.17, 15) is 4.79 Å². The topological polar surface area (TPSA) is 83.0 Å². The number of primary amides is 1. The highest BCUT2D eigenvalue weighted by atomic mass is 35.5. The number of nitrogens with zero attached hydrogens (tertiary/aromatic N) is 3. The number of amides is 1. The Morgan fingerprint density at radius 2 is 2.00 bits per heavy atom. The molecule has 1 heterocycles. The van der Waals surface area contributed by atoms with E-state index in [0.29, 0.717) is 21.8 Å². The van der Waals surface area contributed by atoms with Gasteiger partial charge >= 0.3 is 0 Å². The molecule has 3 rings (SSSR count). The summed E-state index contributed by atoms with van der Waals surface area (Å²) in [6, 6.07) is 15.1. The van der Waals surface area contributed by atoms with Crippen LogP contribution < -0.4 is 10.5 Å². The maximum Gasteiger partial charge on any atom is 0.227 e. The molecule has 0 fully saturated rings. The SMILES string of the molecule is Cc1cc(OCc2nnc(SCC(N)=O)n2-c2ccccc2)ccc1Cl. The second-order valence-electron chi connectivity index (χ2n) is 5.52. The molecule has 1 aromatic heterocycles. The van der Waals surface area contributed by atoms with Crippen LogP contribution in [0.4, 0.5) is 0 Å². The molecular formula is C18H17ClN4O2S. The maximum absolute atomic E-state index is 11.1. The monoisotopic (exact) mass is 388 g/mol. The zero-order chi connectivity index (χ0) is 18.5. The highest BCUT2D eigenvalue weighted by Crippen LogP contribution is 2.24. The molecule has 134 valence electrons. The van der Waals surface area contributed by atoms with E-state index in [4.69, 9.17) is 22.1 Å². The Morgan fingerprint density at radius 3 is 2.69 bits per heavy atom. The molecular weight excluding hydrogens is 372 g/mol. The lowest BCUT2D eigenvalue weighted by atomic mass is 10.2. The molecule has 0 aliphatic rings. The van der Waals surface area contributed by atoms with Crippen molar-refractivity contribution in [1.29, 1.82) is 0 Å². The minimum absolute atomic E-state index is 0.127. The van der Waals surface area contributed by atoms with Crippen molar-refractivity contribution in [3.8, 4) is 11.4 Å². The van der Waals surface area contributed by atoms with Gasteiger partial charge in [-0.15, -0.1) is 10.2 Å². The number of halogens is 1. The van der Waals surface area contributed by atoms with Crippen LogP contribution in [0, 0.1) is 6.92 Å². The molecule has 0 saturated heterocycles. The Balaban J connectivity index is 1.86. The number of benzene rings is 2. The van der Waals surface area contributed by atoms with Gasteiger partial charge in [-0.1, -0.05) is 41.6 Å². The summed E-state index contributed by atoms with van der Waals surface area (Å²) in [6.07, 6.45) is 0. The lowest BCUT2D eigenvalue weighted by molar-refractivity contribution is -0.115. The summed E-state index contributed by atoms with van der Waals surface area (Å²) in [7, 11) is 0. The van der Waals surface area contributed by atoms with E-state index in [2.05, 4.69) is 10.2 Å². The van der Waals surface area contributed by atoms with E-state index in [-0.39, 0.29) is 12.4 Å². The van der Waals surface area contributed by atoms with Crippen molar-refractivity contribution in [2.45, 2.75) is 18.7 Å². The van der Waals surface area contributed by atoms with Crippen LogP contribution in [-0.2, 0) is 11.4 Å². The summed E-state index contributed by atoms with van der Waals surface area (Å²) in [5, 5.41) is 9.66. The number of aryl methyl sites for hydroxylation is 1. The molecule has 0 bridgehead atoms. The number of hydrogen-bond acceptors (Lipinski definition) is 5. The number of rotatable bonds is 7. The number of nitrogens with two attached hydrogens (primary N) is 1. The van der Waals surface area contributed by atoms with E-state index in [1.807, 2.05) is 47.9 Å². The molecule has 8 heteroatoms. The average Bonchev–Trinajstić information content (AvgIpc) is 3.04. The zero-order valence-electron chi connectivity index (χ0n) is 14.1. The smallest absolute Gasteiger partial charge is 0.227 e. The summed E-state index contributed by atoms with van der Waals surface area (Å²) in [5.74, 6) is 1.03. The summed E-state index contributed by atoms with van der Waals surface area (Å²) >= 11 is 7.28. The molecule has 0 unspecified atom stereocenters. The van der Waals surface area contributed by atoms with Gasteiger partial charge in [-0.05, 0) is 42.8 Å². The Morgan fingerprint density at radius 1 is 1.23 bits per heavy atom. The van der Waals surface area contributed by atoms with Crippen LogP contribution in [0.25, 0.3) is 5.69 Å². The van der Waals surface area contributed by atoms with Gasteiger partial charge in [-0.2, -0.15) is 0 Å². The summed E-state index contributed by atoms with van der Waals surface area (Å²) in [6.45, 7) is 2.14. The first-order valence-corrected chi connectivity index (χ1v) is 9.20. The van der Waals surface area contributed by atoms with Gasteiger partial charge in [0.2, 0.25) is 5.91 Å². The van der Waals surface area contributed by atoms with Crippen molar-refractivity contribution in [3.05, 3.63) is 64.9 Å². The quantitative estimate of drug-likeness (QED) is 0.627. The van der Waals surface area contributed by atoms with Crippen molar-refractivity contribution in [2.75, 3.05) is 5.75 Å². The highest BCUT2D eigenvalue weighted by molar-refractivity contribution is 7.99. The second kappa shape index (κ2) is 8.25. The van der Waals surface area contributed by atoms with Gasteiger partial charge in [0, 0.05) is 10.7 Å². The molecule has 26 heavy (non-hydrogen) atoms. The fourth-order valence-electron chi connectivity index (χ4n) is 2.31. The predicted octanol–water partition coefficient (Wildman–Crippen LogP) is 3.39. The van der Waals surface area contributed by atoms with Gasteiger partial charge in [-0.3, -0.25) is 9.36 Å². The maximum atomic E-state index is 11.1. The first-order valence-electron chi connectivity index (χ1n) is 7.84. The van der Waals surface area contributed by atoms with Gasteiger partial charge in [0.05, 0.1) is 5.75 Å². The third-order valence-corrected chi connectivity index (χ3v) is 4.93. The normalized spacial score (nSPS) is 10.7. The number of carbonyl (C=O) groups is 1. The zero-order valence-corrected chi connectivity index (χ0v) is 15.6. The molecule has 0 aliphatic heterocycles. The molecule has 0 spiro atoms. The Labute approximate surface area is 160 Å². The van der Waals surface area contributed by atoms with Crippen LogP contribution in [0.3, 0.4) is 0 Å². The minimum atomic E-state index is -0.410. The number of ether oxygens (including phenoxy) is 1. The number of carbonyl (C=O) groups excluding carboxylic acids is 1. The molecule has 0 aliphatic carbocycles. The Bertz CT molecular complexity index is 915. The number of thioether (sulfide) groups is 1. The first-order chi connectivity index (χ1) is 12.5. The van der Waals surface area contributed by atoms with Crippen LogP contribution >= 0.6 is 23.4 Å². The van der Waals surface area contributed by atoms with E-state index in [1.165, 1.54) is 11.8 Å². The van der Waals surface area contributed by atoms with Crippen LogP contribution in [0.5, 0.6) is 5.75 Å². The van der Waals surface area contributed by atoms with Crippen molar-refractivity contribution in [3.63, 3.8) is 0 Å². The van der Waals surface area contributed by atoms with Gasteiger partial charge in [-0.25, -0.2) is 0 Å². The third-order valence-electron chi connectivity index (χ3n) is 3.56. The molecule has 0 radical (unpaired) electrons. The van der Waals surface area contributed by atoms with Crippen molar-refractivity contribution in [2.24, 2.45) is 5.73 Å². The molecule has 2 N–H and O–H groups in total. The Kier molecular flexibility index (Phi) is 5.80. The minimum Gasteiger partial charge on any atom is -0.486 e. The standard InChI is InChI=1S/C18H17ClN4O2S/c1-12-9-14(7-8-15(12)19)25-10-17-21-22-18(26-11-16(20)24)23(17)13-5-3-2-4-6-13/h2-9H,10-11H2,1H3,(H2,20,24). The van der Waals surface area contributed by atoms with E-state index in [1.54, 1.807) is 12.1 Å². The van der Waals surface area contributed by atoms with Crippen molar-refractivity contribution < 1.29 is 9.53 Å². The predicted molar refractivity (Wildman–Crippen MR) is 102 cm³/mol. The molecule has 2 aromatic carbocycles. The van der Waals surface area contributed by atoms with Crippen LogP contribution in [0.15, 0.2) is 53.7 Å². The lowest BCUT2D eigenvalue weighted by Gasteiger charge is -2.11. The van der Waals surface area contributed by atoms with E-state index in [0.717, 1.165) is 11.3 Å². The van der Waals surface area contributed by atoms with Crippen LogP contribution in [0.2, 0.25) is 5.02 Å². The van der Waals surface area contributed by atoms with Gasteiger partial charge in [0.1, 0.15) is 12.4 Å². The van der Waals surface area contributed by atoms with E-state index >= 15 is 0 Å². The van der Waals surface area contributed by atoms with Crippen LogP contribution in [0.1, 0.15) is 11.4 Å². The Hall–Kier alpha value is -2.51. The van der Waals surface area contributed by atoms with Crippen LogP contribution in [-0.4, -0.2) is 26.4 Å². The summed E-state index contributed by atoms with van der Waals surface area (Å²) < 4.78 is 7.70. The summed E-state index contributed by atoms with van der Waals surface area (Å²) in [4.78, 5) is 11.1. The highest BCUT2D eigenvalue weighted by Gasteiger charge is 2.16. The fourth-order valence-corrected chi connectivity index (χ4v) is 3.14.